The van der Waals surface area contributed by atoms with Crippen molar-refractivity contribution in [1.82, 2.24) is 30.2 Å². The molecular formula is C26H25F3N8OS. The number of carbonyl (C=O) groups excluding carboxylic acids is 1. The minimum Gasteiger partial charge on any atom is -0.347 e. The first-order valence-corrected chi connectivity index (χ1v) is 13.4. The molecular weight excluding hydrogens is 529 g/mol. The molecule has 9 nitrogen and oxygen atoms in total. The Morgan fingerprint density at radius 2 is 1.90 bits per heavy atom. The summed E-state index contributed by atoms with van der Waals surface area (Å²) in [5, 5.41) is 6.43. The summed E-state index contributed by atoms with van der Waals surface area (Å²) in [6.45, 7) is 3.97. The van der Waals surface area contributed by atoms with Crippen molar-refractivity contribution >= 4 is 40.0 Å². The highest BCUT2D eigenvalue weighted by molar-refractivity contribution is 7.13. The quantitative estimate of drug-likeness (QED) is 0.363. The van der Waals surface area contributed by atoms with Crippen LogP contribution in [0, 0.1) is 0 Å². The second-order valence-corrected chi connectivity index (χ2v) is 10.6. The summed E-state index contributed by atoms with van der Waals surface area (Å²) in [4.78, 5) is 34.6. The van der Waals surface area contributed by atoms with Gasteiger partial charge in [0.1, 0.15) is 16.6 Å². The third-order valence-corrected chi connectivity index (χ3v) is 7.86. The van der Waals surface area contributed by atoms with Crippen LogP contribution in [0.4, 0.5) is 29.6 Å². The number of fused-ring (bicyclic) bond motifs is 3. The van der Waals surface area contributed by atoms with E-state index in [-0.39, 0.29) is 22.9 Å². The van der Waals surface area contributed by atoms with Gasteiger partial charge in [-0.15, -0.1) is 11.3 Å². The molecule has 0 aromatic carbocycles. The average Bonchev–Trinajstić information content (AvgIpc) is 3.39. The van der Waals surface area contributed by atoms with Crippen LogP contribution in [0.15, 0.2) is 42.0 Å². The Bertz CT molecular complexity index is 1550. The van der Waals surface area contributed by atoms with Gasteiger partial charge in [-0.2, -0.15) is 13.2 Å². The molecule has 2 amide bonds. The standard InChI is InChI=1S/C26H25F3N8OS/c1-3-30-25(38)35-22-9-17(24-34-21(13-39-24)26(27,28)29)18(10-32-22)16-8-20-19(5-4-6-31-20)33-23(16)37-14-7-15(37)12-36(2)11-14/h4-6,8-10,13-15H,3,7,11-12H2,1-2H3,(H2,30,32,35,38). The number of carbonyl (C=O) groups is 1. The number of hydrogen-bond donors (Lipinski definition) is 2. The Hall–Kier alpha value is -3.84. The normalized spacial score (nSPS) is 19.2. The lowest BCUT2D eigenvalue weighted by Crippen LogP contribution is -2.68. The van der Waals surface area contributed by atoms with Gasteiger partial charge in [0.15, 0.2) is 5.69 Å². The van der Waals surface area contributed by atoms with Gasteiger partial charge in [0.2, 0.25) is 0 Å². The molecule has 2 fully saturated rings. The van der Waals surface area contributed by atoms with Crippen LogP contribution in [-0.4, -0.2) is 69.6 Å². The van der Waals surface area contributed by atoms with Crippen molar-refractivity contribution in [3.8, 4) is 21.7 Å². The molecule has 6 rings (SSSR count). The first-order chi connectivity index (χ1) is 18.7. The topological polar surface area (TPSA) is 99.2 Å². The smallest absolute Gasteiger partial charge is 0.347 e. The number of nitrogens with zero attached hydrogens (tertiary/aromatic N) is 6. The van der Waals surface area contributed by atoms with Gasteiger partial charge in [0.25, 0.3) is 0 Å². The fourth-order valence-corrected chi connectivity index (χ4v) is 6.17. The van der Waals surface area contributed by atoms with Gasteiger partial charge in [-0.1, -0.05) is 0 Å². The molecule has 4 aromatic heterocycles. The summed E-state index contributed by atoms with van der Waals surface area (Å²) in [6.07, 6.45) is -0.290. The minimum absolute atomic E-state index is 0.161. The number of nitrogens with one attached hydrogen (secondary N) is 2. The highest BCUT2D eigenvalue weighted by Crippen LogP contribution is 2.45. The van der Waals surface area contributed by atoms with E-state index in [2.05, 4.69) is 42.4 Å². The van der Waals surface area contributed by atoms with E-state index in [1.165, 1.54) is 0 Å². The fourth-order valence-electron chi connectivity index (χ4n) is 5.32. The van der Waals surface area contributed by atoms with E-state index >= 15 is 0 Å². The van der Waals surface area contributed by atoms with Crippen molar-refractivity contribution in [2.75, 3.05) is 36.9 Å². The number of amides is 2. The van der Waals surface area contributed by atoms with E-state index < -0.39 is 17.9 Å². The van der Waals surface area contributed by atoms with Crippen molar-refractivity contribution < 1.29 is 18.0 Å². The average molecular weight is 555 g/mol. The summed E-state index contributed by atoms with van der Waals surface area (Å²) >= 11 is 0.887. The van der Waals surface area contributed by atoms with Crippen molar-refractivity contribution in [2.45, 2.75) is 31.6 Å². The van der Waals surface area contributed by atoms with Gasteiger partial charge in [-0.05, 0) is 44.7 Å². The maximum Gasteiger partial charge on any atom is 0.434 e. The zero-order valence-corrected chi connectivity index (χ0v) is 22.0. The zero-order chi connectivity index (χ0) is 27.3. The molecule has 6 heterocycles. The third kappa shape index (κ3) is 4.76. The Morgan fingerprint density at radius 3 is 2.62 bits per heavy atom. The largest absolute Gasteiger partial charge is 0.434 e. The molecule has 39 heavy (non-hydrogen) atoms. The molecule has 0 saturated carbocycles. The fraction of sp³-hybridized carbons (Fsp3) is 0.346. The van der Waals surface area contributed by atoms with E-state index in [1.54, 1.807) is 25.4 Å². The Kier molecular flexibility index (Phi) is 6.34. The van der Waals surface area contributed by atoms with Crippen LogP contribution < -0.4 is 15.5 Å². The van der Waals surface area contributed by atoms with Crippen molar-refractivity contribution in [3.63, 3.8) is 0 Å². The summed E-state index contributed by atoms with van der Waals surface area (Å²) in [6, 6.07) is 7.28. The number of likely N-dealkylation sites (N-methyl/N-ethyl adjacent to an activating group) is 1. The van der Waals surface area contributed by atoms with Crippen molar-refractivity contribution in [3.05, 3.63) is 47.7 Å². The number of likely N-dealkylation sites (tertiary alicyclic amines) is 1. The second-order valence-electron chi connectivity index (χ2n) is 9.71. The van der Waals surface area contributed by atoms with Crippen LogP contribution in [0.2, 0.25) is 0 Å². The Labute approximate surface area is 226 Å². The van der Waals surface area contributed by atoms with Gasteiger partial charge in [0, 0.05) is 66.2 Å². The number of piperazine rings is 1. The molecule has 2 atom stereocenters. The highest BCUT2D eigenvalue weighted by Gasteiger charge is 2.45. The Balaban J connectivity index is 1.53. The monoisotopic (exact) mass is 554 g/mol. The van der Waals surface area contributed by atoms with Crippen LogP contribution in [0.25, 0.3) is 32.7 Å². The van der Waals surface area contributed by atoms with E-state index in [0.717, 1.165) is 47.6 Å². The molecule has 0 spiro atoms. The van der Waals surface area contributed by atoms with Crippen LogP contribution in [-0.2, 0) is 6.18 Å². The SMILES string of the molecule is CCNC(=O)Nc1cc(-c2nc(C(F)(F)F)cs2)c(-c2cc3ncccc3nc2N2C3CC2CN(C)C3)cn1. The summed E-state index contributed by atoms with van der Waals surface area (Å²) in [7, 11) is 2.10. The van der Waals surface area contributed by atoms with Crippen LogP contribution in [0.1, 0.15) is 19.0 Å². The lowest BCUT2D eigenvalue weighted by molar-refractivity contribution is -0.140. The number of pyridine rings is 3. The van der Waals surface area contributed by atoms with Gasteiger partial charge < -0.3 is 15.1 Å². The summed E-state index contributed by atoms with van der Waals surface area (Å²) in [5.74, 6) is 0.935. The molecule has 2 unspecified atom stereocenters. The van der Waals surface area contributed by atoms with Gasteiger partial charge >= 0.3 is 12.2 Å². The lowest BCUT2D eigenvalue weighted by Gasteiger charge is -2.56. The summed E-state index contributed by atoms with van der Waals surface area (Å²) < 4.78 is 40.4. The van der Waals surface area contributed by atoms with Crippen LogP contribution in [0.5, 0.6) is 0 Å². The number of hydrogen-bond acceptors (Lipinski definition) is 8. The predicted molar refractivity (Wildman–Crippen MR) is 144 cm³/mol. The van der Waals surface area contributed by atoms with Gasteiger partial charge in [-0.25, -0.2) is 19.7 Å². The van der Waals surface area contributed by atoms with Crippen LogP contribution >= 0.6 is 11.3 Å². The second kappa shape index (κ2) is 9.72. The number of aromatic nitrogens is 4. The zero-order valence-electron chi connectivity index (χ0n) is 21.2. The molecule has 202 valence electrons. The first-order valence-electron chi connectivity index (χ1n) is 12.5. The molecule has 2 aliphatic heterocycles. The number of urea groups is 1. The number of rotatable bonds is 5. The molecule has 2 N–H and O–H groups in total. The molecule has 4 aromatic rings. The maximum atomic E-state index is 13.5. The summed E-state index contributed by atoms with van der Waals surface area (Å²) in [5.41, 5.74) is 2.10. The molecule has 0 aliphatic carbocycles. The van der Waals surface area contributed by atoms with Crippen molar-refractivity contribution in [2.24, 2.45) is 0 Å². The number of anilines is 2. The molecule has 0 radical (unpaired) electrons. The van der Waals surface area contributed by atoms with Crippen molar-refractivity contribution in [1.29, 1.82) is 0 Å². The first kappa shape index (κ1) is 25.4. The number of alkyl halides is 3. The van der Waals surface area contributed by atoms with E-state index in [9.17, 15) is 18.0 Å². The van der Waals surface area contributed by atoms with E-state index in [0.29, 0.717) is 28.8 Å². The van der Waals surface area contributed by atoms with Gasteiger partial charge in [-0.3, -0.25) is 10.3 Å². The maximum absolute atomic E-state index is 13.5. The molecule has 2 bridgehead atoms. The molecule has 2 saturated heterocycles. The van der Waals surface area contributed by atoms with E-state index in [1.807, 2.05) is 18.2 Å². The third-order valence-electron chi connectivity index (χ3n) is 6.98. The molecule has 13 heteroatoms. The number of piperidine rings is 1. The van der Waals surface area contributed by atoms with Crippen LogP contribution in [0.3, 0.4) is 0 Å². The minimum atomic E-state index is -4.58. The lowest BCUT2D eigenvalue weighted by atomic mass is 9.86. The highest BCUT2D eigenvalue weighted by atomic mass is 32.1. The molecule has 2 aliphatic rings. The Morgan fingerprint density at radius 1 is 1.10 bits per heavy atom. The number of halogens is 3. The van der Waals surface area contributed by atoms with E-state index in [4.69, 9.17) is 4.98 Å². The predicted octanol–water partition coefficient (Wildman–Crippen LogP) is 4.87. The number of thiazole rings is 1. The van der Waals surface area contributed by atoms with Gasteiger partial charge in [0.05, 0.1) is 11.0 Å².